The van der Waals surface area contributed by atoms with Crippen molar-refractivity contribution in [2.75, 3.05) is 6.61 Å². The Morgan fingerprint density at radius 1 is 1.28 bits per heavy atom. The van der Waals surface area contributed by atoms with Crippen molar-refractivity contribution in [3.63, 3.8) is 0 Å². The van der Waals surface area contributed by atoms with Gasteiger partial charge in [0.15, 0.2) is 0 Å². The maximum atomic E-state index is 13.0. The van der Waals surface area contributed by atoms with Crippen molar-refractivity contribution < 1.29 is 9.53 Å². The normalized spacial score (nSPS) is 11.7. The molecule has 1 amide bonds. The minimum Gasteiger partial charge on any atom is -0.477 e. The van der Waals surface area contributed by atoms with Crippen LogP contribution in [0.4, 0.5) is 0 Å². The van der Waals surface area contributed by atoms with Gasteiger partial charge in [-0.25, -0.2) is 9.97 Å². The Balaban J connectivity index is 1.92. The summed E-state index contributed by atoms with van der Waals surface area (Å²) in [6.45, 7) is 3.94. The lowest BCUT2D eigenvalue weighted by molar-refractivity contribution is 0.0931. The topological polar surface area (TPSA) is 97.0 Å². The van der Waals surface area contributed by atoms with Gasteiger partial charge in [0.1, 0.15) is 11.4 Å². The molecule has 2 N–H and O–H groups in total. The number of carbonyl (C=O) groups excluding carboxylic acids is 1. The molecular formula is C21H21ClN4O3. The van der Waals surface area contributed by atoms with Crippen LogP contribution in [0.2, 0.25) is 5.02 Å². The van der Waals surface area contributed by atoms with Crippen molar-refractivity contribution in [1.29, 1.82) is 0 Å². The Kier molecular flexibility index (Phi) is 6.61. The number of pyridine rings is 1. The number of ether oxygens (including phenoxy) is 1. The molecule has 0 saturated carbocycles. The van der Waals surface area contributed by atoms with Gasteiger partial charge < -0.3 is 15.0 Å². The van der Waals surface area contributed by atoms with Crippen LogP contribution >= 0.6 is 11.6 Å². The summed E-state index contributed by atoms with van der Waals surface area (Å²) in [5, 5.41) is 3.59. The molecule has 1 aromatic carbocycles. The minimum absolute atomic E-state index is 0.237. The number of nitrogens with zero attached hydrogens (tertiary/aromatic N) is 2. The van der Waals surface area contributed by atoms with E-state index in [2.05, 4.69) is 20.3 Å². The molecule has 0 aliphatic rings. The lowest BCUT2D eigenvalue weighted by atomic mass is 10.0. The summed E-state index contributed by atoms with van der Waals surface area (Å²) in [6.07, 6.45) is 1.91. The zero-order valence-electron chi connectivity index (χ0n) is 16.1. The van der Waals surface area contributed by atoms with Gasteiger partial charge in [-0.15, -0.1) is 0 Å². The average molecular weight is 413 g/mol. The molecule has 2 heterocycles. The fraction of sp³-hybridized carbons (Fsp3) is 0.238. The second kappa shape index (κ2) is 9.34. The van der Waals surface area contributed by atoms with E-state index in [4.69, 9.17) is 16.3 Å². The highest BCUT2D eigenvalue weighted by Gasteiger charge is 2.20. The number of aromatic nitrogens is 3. The maximum Gasteiger partial charge on any atom is 0.257 e. The smallest absolute Gasteiger partial charge is 0.257 e. The van der Waals surface area contributed by atoms with E-state index in [0.29, 0.717) is 35.1 Å². The first kappa shape index (κ1) is 20.5. The Morgan fingerprint density at radius 2 is 2.03 bits per heavy atom. The van der Waals surface area contributed by atoms with E-state index in [-0.39, 0.29) is 17.3 Å². The number of rotatable bonds is 7. The molecule has 1 atom stereocenters. The van der Waals surface area contributed by atoms with E-state index >= 15 is 0 Å². The molecule has 0 aliphatic carbocycles. The number of hydrogen-bond acceptors (Lipinski definition) is 5. The molecule has 0 fully saturated rings. The Hall–Kier alpha value is -3.19. The quantitative estimate of drug-likeness (QED) is 0.621. The van der Waals surface area contributed by atoms with Crippen molar-refractivity contribution in [1.82, 2.24) is 20.3 Å². The monoisotopic (exact) mass is 412 g/mol. The van der Waals surface area contributed by atoms with Crippen LogP contribution in [-0.4, -0.2) is 27.5 Å². The Morgan fingerprint density at radius 3 is 2.72 bits per heavy atom. The first-order chi connectivity index (χ1) is 14.0. The zero-order chi connectivity index (χ0) is 20.8. The summed E-state index contributed by atoms with van der Waals surface area (Å²) in [6, 6.07) is 11.5. The van der Waals surface area contributed by atoms with E-state index in [0.717, 1.165) is 5.56 Å². The number of amides is 1. The predicted molar refractivity (Wildman–Crippen MR) is 110 cm³/mol. The third-order valence-corrected chi connectivity index (χ3v) is 4.45. The predicted octanol–water partition coefficient (Wildman–Crippen LogP) is 3.24. The molecule has 8 heteroatoms. The first-order valence-corrected chi connectivity index (χ1v) is 9.55. The molecule has 7 nitrogen and oxygen atoms in total. The van der Waals surface area contributed by atoms with Gasteiger partial charge in [-0.05, 0) is 43.7 Å². The number of aryl methyl sites for hydroxylation is 1. The van der Waals surface area contributed by atoms with Crippen molar-refractivity contribution in [3.05, 3.63) is 86.7 Å². The van der Waals surface area contributed by atoms with Gasteiger partial charge in [-0.1, -0.05) is 23.7 Å². The second-order valence-corrected chi connectivity index (χ2v) is 6.83. The number of aromatic amines is 1. The van der Waals surface area contributed by atoms with E-state index in [1.54, 1.807) is 37.4 Å². The van der Waals surface area contributed by atoms with Crippen LogP contribution in [0.15, 0.2) is 53.5 Å². The van der Waals surface area contributed by atoms with Gasteiger partial charge in [0.05, 0.1) is 18.3 Å². The van der Waals surface area contributed by atoms with Gasteiger partial charge in [0.25, 0.3) is 11.5 Å². The highest BCUT2D eigenvalue weighted by Crippen LogP contribution is 2.22. The van der Waals surface area contributed by atoms with Crippen LogP contribution < -0.4 is 15.6 Å². The van der Waals surface area contributed by atoms with E-state index in [1.807, 2.05) is 19.1 Å². The summed E-state index contributed by atoms with van der Waals surface area (Å²) in [5.74, 6) is 0.454. The van der Waals surface area contributed by atoms with Gasteiger partial charge in [0.2, 0.25) is 5.88 Å². The summed E-state index contributed by atoms with van der Waals surface area (Å²) in [4.78, 5) is 35.9. The van der Waals surface area contributed by atoms with Crippen LogP contribution in [0.25, 0.3) is 0 Å². The molecule has 0 spiro atoms. The fourth-order valence-corrected chi connectivity index (χ4v) is 3.08. The Labute approximate surface area is 173 Å². The molecule has 0 radical (unpaired) electrons. The molecule has 0 bridgehead atoms. The Bertz CT molecular complexity index is 1050. The van der Waals surface area contributed by atoms with Gasteiger partial charge >= 0.3 is 0 Å². The highest BCUT2D eigenvalue weighted by molar-refractivity contribution is 6.30. The van der Waals surface area contributed by atoms with Crippen LogP contribution in [0.5, 0.6) is 5.88 Å². The summed E-state index contributed by atoms with van der Waals surface area (Å²) in [7, 11) is 0. The number of benzene rings is 1. The lowest BCUT2D eigenvalue weighted by Crippen LogP contribution is -2.31. The lowest BCUT2D eigenvalue weighted by Gasteiger charge is -2.20. The standard InChI is InChI=1S/C21H21ClN4O3/c1-3-29-21-17(5-4-10-23-21)20(28)26-18(14-6-8-15(22)9-7-14)11-16-12-19(27)25-13(2)24-16/h4-10,12,18H,3,11H2,1-2H3,(H,26,28)(H,24,25,27)/t18-/m1/s1. The van der Waals surface area contributed by atoms with Crippen molar-refractivity contribution in [2.45, 2.75) is 26.3 Å². The SMILES string of the molecule is CCOc1ncccc1C(=O)N[C@H](Cc1cc(=O)[nH]c(C)n1)c1ccc(Cl)cc1. The van der Waals surface area contributed by atoms with E-state index in [1.165, 1.54) is 6.07 Å². The molecule has 0 saturated heterocycles. The number of hydrogen-bond donors (Lipinski definition) is 2. The minimum atomic E-state index is -0.428. The van der Waals surface area contributed by atoms with Gasteiger partial charge in [-0.2, -0.15) is 0 Å². The fourth-order valence-electron chi connectivity index (χ4n) is 2.95. The molecule has 3 aromatic rings. The molecule has 0 aliphatic heterocycles. The molecule has 150 valence electrons. The van der Waals surface area contributed by atoms with Crippen LogP contribution in [0.1, 0.15) is 40.4 Å². The number of carbonyl (C=O) groups is 1. The largest absolute Gasteiger partial charge is 0.477 e. The first-order valence-electron chi connectivity index (χ1n) is 9.17. The zero-order valence-corrected chi connectivity index (χ0v) is 16.9. The number of H-pyrrole nitrogens is 1. The maximum absolute atomic E-state index is 13.0. The molecular weight excluding hydrogens is 392 g/mol. The van der Waals surface area contributed by atoms with Crippen molar-refractivity contribution >= 4 is 17.5 Å². The number of halogens is 1. The van der Waals surface area contributed by atoms with Crippen LogP contribution in [0, 0.1) is 6.92 Å². The summed E-state index contributed by atoms with van der Waals surface area (Å²) >= 11 is 6.01. The van der Waals surface area contributed by atoms with Crippen LogP contribution in [0.3, 0.4) is 0 Å². The van der Waals surface area contributed by atoms with Crippen molar-refractivity contribution in [3.8, 4) is 5.88 Å². The summed E-state index contributed by atoms with van der Waals surface area (Å²) < 4.78 is 5.46. The third-order valence-electron chi connectivity index (χ3n) is 4.20. The van der Waals surface area contributed by atoms with Crippen LogP contribution in [-0.2, 0) is 6.42 Å². The molecule has 2 aromatic heterocycles. The third kappa shape index (κ3) is 5.42. The highest BCUT2D eigenvalue weighted by atomic mass is 35.5. The van der Waals surface area contributed by atoms with Crippen molar-refractivity contribution in [2.24, 2.45) is 0 Å². The van der Waals surface area contributed by atoms with Gasteiger partial charge in [0, 0.05) is 23.7 Å². The molecule has 0 unspecified atom stereocenters. The molecule has 3 rings (SSSR count). The average Bonchev–Trinajstić information content (AvgIpc) is 2.68. The van der Waals surface area contributed by atoms with E-state index in [9.17, 15) is 9.59 Å². The second-order valence-electron chi connectivity index (χ2n) is 6.39. The number of nitrogens with one attached hydrogen (secondary N) is 2. The summed E-state index contributed by atoms with van der Waals surface area (Å²) in [5.41, 5.74) is 1.51. The molecule has 29 heavy (non-hydrogen) atoms. The van der Waals surface area contributed by atoms with E-state index < -0.39 is 6.04 Å². The van der Waals surface area contributed by atoms with Gasteiger partial charge in [-0.3, -0.25) is 9.59 Å².